The number of hydrogen-bond donors (Lipinski definition) is 1. The zero-order chi connectivity index (χ0) is 14.0. The second-order valence-corrected chi connectivity index (χ2v) is 5.44. The van der Waals surface area contributed by atoms with Gasteiger partial charge in [-0.1, -0.05) is 47.5 Å². The van der Waals surface area contributed by atoms with Crippen LogP contribution in [-0.2, 0) is 0 Å². The molecule has 0 heterocycles. The van der Waals surface area contributed by atoms with Crippen molar-refractivity contribution in [3.63, 3.8) is 0 Å². The van der Waals surface area contributed by atoms with Crippen molar-refractivity contribution >= 4 is 0 Å². The van der Waals surface area contributed by atoms with E-state index in [-0.39, 0.29) is 6.04 Å². The number of benzene rings is 2. The van der Waals surface area contributed by atoms with Gasteiger partial charge in [-0.15, -0.1) is 0 Å². The first-order valence-corrected chi connectivity index (χ1v) is 6.84. The maximum atomic E-state index is 3.46. The summed E-state index contributed by atoms with van der Waals surface area (Å²) < 4.78 is 0. The van der Waals surface area contributed by atoms with Crippen molar-refractivity contribution in [2.24, 2.45) is 0 Å². The van der Waals surface area contributed by atoms with E-state index in [4.69, 9.17) is 0 Å². The molecule has 1 heteroatoms. The van der Waals surface area contributed by atoms with E-state index in [0.717, 1.165) is 0 Å². The summed E-state index contributed by atoms with van der Waals surface area (Å²) in [5.74, 6) is 0. The normalized spacial score (nSPS) is 12.5. The summed E-state index contributed by atoms with van der Waals surface area (Å²) in [4.78, 5) is 0. The van der Waals surface area contributed by atoms with Crippen LogP contribution in [0.15, 0.2) is 36.4 Å². The van der Waals surface area contributed by atoms with Crippen LogP contribution in [0.25, 0.3) is 0 Å². The summed E-state index contributed by atoms with van der Waals surface area (Å²) in [7, 11) is 2.03. The van der Waals surface area contributed by atoms with Gasteiger partial charge in [-0.25, -0.2) is 0 Å². The molecule has 0 saturated carbocycles. The molecule has 1 atom stereocenters. The lowest BCUT2D eigenvalue weighted by molar-refractivity contribution is 0.682. The van der Waals surface area contributed by atoms with E-state index in [1.807, 2.05) is 7.05 Å². The Morgan fingerprint density at radius 3 is 1.79 bits per heavy atom. The van der Waals surface area contributed by atoms with Gasteiger partial charge < -0.3 is 5.32 Å². The first-order valence-electron chi connectivity index (χ1n) is 6.84. The van der Waals surface area contributed by atoms with Gasteiger partial charge in [-0.3, -0.25) is 0 Å². The van der Waals surface area contributed by atoms with E-state index in [0.29, 0.717) is 0 Å². The molecule has 0 saturated heterocycles. The fraction of sp³-hybridized carbons (Fsp3) is 0.333. The van der Waals surface area contributed by atoms with Crippen LogP contribution in [0.4, 0.5) is 0 Å². The second kappa shape index (κ2) is 5.58. The first kappa shape index (κ1) is 13.8. The van der Waals surface area contributed by atoms with E-state index >= 15 is 0 Å². The minimum atomic E-state index is 0.265. The van der Waals surface area contributed by atoms with Crippen LogP contribution in [0, 0.1) is 27.7 Å². The van der Waals surface area contributed by atoms with Crippen molar-refractivity contribution in [3.8, 4) is 0 Å². The Labute approximate surface area is 116 Å². The lowest BCUT2D eigenvalue weighted by Crippen LogP contribution is -2.20. The highest BCUT2D eigenvalue weighted by Gasteiger charge is 2.16. The zero-order valence-electron chi connectivity index (χ0n) is 12.5. The summed E-state index contributed by atoms with van der Waals surface area (Å²) in [6.45, 7) is 8.69. The monoisotopic (exact) mass is 253 g/mol. The van der Waals surface area contributed by atoms with Gasteiger partial charge in [0.1, 0.15) is 0 Å². The molecule has 2 rings (SSSR count). The van der Waals surface area contributed by atoms with Crippen LogP contribution >= 0.6 is 0 Å². The fourth-order valence-corrected chi connectivity index (χ4v) is 2.88. The first-order chi connectivity index (χ1) is 9.02. The highest BCUT2D eigenvalue weighted by atomic mass is 14.9. The second-order valence-electron chi connectivity index (χ2n) is 5.44. The molecule has 0 bridgehead atoms. The highest BCUT2D eigenvalue weighted by molar-refractivity contribution is 5.44. The molecular formula is C18H23N. The molecule has 0 spiro atoms. The van der Waals surface area contributed by atoms with Gasteiger partial charge in [0.2, 0.25) is 0 Å². The molecule has 100 valence electrons. The average Bonchev–Trinajstić information content (AvgIpc) is 2.35. The third-order valence-corrected chi connectivity index (χ3v) is 3.73. The van der Waals surface area contributed by atoms with Gasteiger partial charge in [0.25, 0.3) is 0 Å². The van der Waals surface area contributed by atoms with E-state index in [2.05, 4.69) is 69.4 Å². The van der Waals surface area contributed by atoms with Crippen molar-refractivity contribution in [1.29, 1.82) is 0 Å². The Morgan fingerprint density at radius 1 is 0.789 bits per heavy atom. The van der Waals surface area contributed by atoms with E-state index in [1.165, 1.54) is 33.4 Å². The summed E-state index contributed by atoms with van der Waals surface area (Å²) in [6.07, 6.45) is 0. The van der Waals surface area contributed by atoms with Gasteiger partial charge in [0, 0.05) is 0 Å². The van der Waals surface area contributed by atoms with E-state index < -0.39 is 0 Å². The highest BCUT2D eigenvalue weighted by Crippen LogP contribution is 2.28. The molecular weight excluding hydrogens is 230 g/mol. The van der Waals surface area contributed by atoms with E-state index in [9.17, 15) is 0 Å². The summed E-state index contributed by atoms with van der Waals surface area (Å²) in [5.41, 5.74) is 8.07. The van der Waals surface area contributed by atoms with Crippen molar-refractivity contribution in [2.75, 3.05) is 7.05 Å². The van der Waals surface area contributed by atoms with Crippen LogP contribution in [0.2, 0.25) is 0 Å². The standard InChI is InChI=1S/C18H23N/c1-12-6-8-16(9-7-12)18(19-5)17-14(3)10-13(2)11-15(17)4/h6-11,18-19H,1-5H3. The SMILES string of the molecule is CNC(c1ccc(C)cc1)c1c(C)cc(C)cc1C. The third-order valence-electron chi connectivity index (χ3n) is 3.73. The summed E-state index contributed by atoms with van der Waals surface area (Å²) in [5, 5.41) is 3.46. The Kier molecular flexibility index (Phi) is 4.06. The molecule has 0 aliphatic rings. The predicted octanol–water partition coefficient (Wildman–Crippen LogP) is 4.23. The number of rotatable bonds is 3. The molecule has 1 unspecified atom stereocenters. The van der Waals surface area contributed by atoms with Crippen LogP contribution in [0.1, 0.15) is 39.4 Å². The Morgan fingerprint density at radius 2 is 1.32 bits per heavy atom. The van der Waals surface area contributed by atoms with Crippen LogP contribution in [-0.4, -0.2) is 7.05 Å². The molecule has 0 aromatic heterocycles. The summed E-state index contributed by atoms with van der Waals surface area (Å²) in [6, 6.07) is 13.6. The van der Waals surface area contributed by atoms with Gasteiger partial charge >= 0.3 is 0 Å². The number of hydrogen-bond acceptors (Lipinski definition) is 1. The zero-order valence-corrected chi connectivity index (χ0v) is 12.5. The Balaban J connectivity index is 2.51. The molecule has 0 amide bonds. The maximum absolute atomic E-state index is 3.46. The van der Waals surface area contributed by atoms with Crippen LogP contribution in [0.3, 0.4) is 0 Å². The molecule has 2 aromatic rings. The smallest absolute Gasteiger partial charge is 0.0579 e. The predicted molar refractivity (Wildman–Crippen MR) is 82.7 cm³/mol. The van der Waals surface area contributed by atoms with Crippen molar-refractivity contribution in [2.45, 2.75) is 33.7 Å². The average molecular weight is 253 g/mol. The number of aryl methyl sites for hydroxylation is 4. The maximum Gasteiger partial charge on any atom is 0.0579 e. The lowest BCUT2D eigenvalue weighted by Gasteiger charge is -2.22. The molecule has 0 radical (unpaired) electrons. The summed E-state index contributed by atoms with van der Waals surface area (Å²) >= 11 is 0. The minimum Gasteiger partial charge on any atom is -0.309 e. The third kappa shape index (κ3) is 2.87. The van der Waals surface area contributed by atoms with Crippen molar-refractivity contribution < 1.29 is 0 Å². The minimum absolute atomic E-state index is 0.265. The molecule has 0 fully saturated rings. The molecule has 1 nitrogen and oxygen atoms in total. The molecule has 0 aliphatic carbocycles. The largest absolute Gasteiger partial charge is 0.309 e. The molecule has 1 N–H and O–H groups in total. The quantitative estimate of drug-likeness (QED) is 0.863. The van der Waals surface area contributed by atoms with Crippen LogP contribution in [0.5, 0.6) is 0 Å². The topological polar surface area (TPSA) is 12.0 Å². The van der Waals surface area contributed by atoms with Crippen LogP contribution < -0.4 is 5.32 Å². The fourth-order valence-electron chi connectivity index (χ4n) is 2.88. The van der Waals surface area contributed by atoms with Crippen molar-refractivity contribution in [3.05, 3.63) is 69.8 Å². The van der Waals surface area contributed by atoms with Gasteiger partial charge in [-0.2, -0.15) is 0 Å². The van der Waals surface area contributed by atoms with Crippen molar-refractivity contribution in [1.82, 2.24) is 5.32 Å². The van der Waals surface area contributed by atoms with Gasteiger partial charge in [0.05, 0.1) is 6.04 Å². The number of nitrogens with one attached hydrogen (secondary N) is 1. The van der Waals surface area contributed by atoms with Gasteiger partial charge in [-0.05, 0) is 57.0 Å². The molecule has 0 aliphatic heterocycles. The Hall–Kier alpha value is -1.60. The van der Waals surface area contributed by atoms with E-state index in [1.54, 1.807) is 0 Å². The molecule has 2 aromatic carbocycles. The van der Waals surface area contributed by atoms with Gasteiger partial charge in [0.15, 0.2) is 0 Å². The Bertz CT molecular complexity index is 544. The lowest BCUT2D eigenvalue weighted by atomic mass is 9.90. The molecule has 19 heavy (non-hydrogen) atoms.